The molecule has 2 aromatic heterocycles. The van der Waals surface area contributed by atoms with Gasteiger partial charge in [-0.05, 0) is 12.5 Å². The number of ketones is 1. The predicted octanol–water partition coefficient (Wildman–Crippen LogP) is -0.245. The van der Waals surface area contributed by atoms with Gasteiger partial charge in [0.25, 0.3) is 0 Å². The Morgan fingerprint density at radius 1 is 1.52 bits per heavy atom. The normalized spacial score (nSPS) is 25.4. The van der Waals surface area contributed by atoms with Gasteiger partial charge >= 0.3 is 10.3 Å². The molecule has 0 unspecified atom stereocenters. The van der Waals surface area contributed by atoms with Crippen LogP contribution in [0.4, 0.5) is 10.2 Å². The summed E-state index contributed by atoms with van der Waals surface area (Å²) >= 11 is 0. The first kappa shape index (κ1) is 19.4. The number of aliphatic hydroxyl groups is 1. The smallest absolute Gasteiger partial charge is 0.333 e. The van der Waals surface area contributed by atoms with E-state index in [0.717, 1.165) is 0 Å². The molecule has 12 heteroatoms. The summed E-state index contributed by atoms with van der Waals surface area (Å²) in [6, 6.07) is 0.679. The molecular formula is C15H18FN5O5S. The van der Waals surface area contributed by atoms with E-state index in [1.165, 1.54) is 18.7 Å². The molecule has 10 nitrogen and oxygen atoms in total. The average molecular weight is 399 g/mol. The molecule has 1 aliphatic rings. The van der Waals surface area contributed by atoms with E-state index in [4.69, 9.17) is 5.14 Å². The largest absolute Gasteiger partial charge is 0.390 e. The van der Waals surface area contributed by atoms with Gasteiger partial charge in [-0.1, -0.05) is 0 Å². The molecule has 0 amide bonds. The lowest BCUT2D eigenvalue weighted by Crippen LogP contribution is -2.33. The van der Waals surface area contributed by atoms with E-state index in [9.17, 15) is 22.7 Å². The molecule has 2 aromatic rings. The third-order valence-corrected chi connectivity index (χ3v) is 4.80. The molecule has 0 bridgehead atoms. The summed E-state index contributed by atoms with van der Waals surface area (Å²) in [5, 5.41) is 17.6. The molecule has 3 rings (SSSR count). The van der Waals surface area contributed by atoms with Gasteiger partial charge in [-0.3, -0.25) is 8.98 Å². The van der Waals surface area contributed by atoms with Crippen LogP contribution in [0.15, 0.2) is 31.0 Å². The highest BCUT2D eigenvalue weighted by Crippen LogP contribution is 2.32. The topological polar surface area (TPSA) is 160 Å². The molecule has 4 atom stereocenters. The molecule has 1 aliphatic carbocycles. The first-order valence-corrected chi connectivity index (χ1v) is 9.46. The van der Waals surface area contributed by atoms with Crippen LogP contribution in [-0.4, -0.2) is 59.2 Å². The Morgan fingerprint density at radius 3 is 2.96 bits per heavy atom. The van der Waals surface area contributed by atoms with Crippen LogP contribution in [0.25, 0.3) is 0 Å². The van der Waals surface area contributed by atoms with Crippen molar-refractivity contribution in [2.24, 2.45) is 11.1 Å². The second-order valence-electron chi connectivity index (χ2n) is 6.17. The molecule has 0 radical (unpaired) electrons. The number of carbonyl (C=O) groups excluding carboxylic acids is 1. The molecule has 146 valence electrons. The first-order valence-electron chi connectivity index (χ1n) is 7.99. The quantitative estimate of drug-likeness (QED) is 0.464. The summed E-state index contributed by atoms with van der Waals surface area (Å²) in [7, 11) is -4.19. The van der Waals surface area contributed by atoms with E-state index < -0.39 is 41.1 Å². The van der Waals surface area contributed by atoms with Crippen LogP contribution in [-0.2, 0) is 14.5 Å². The van der Waals surface area contributed by atoms with E-state index in [-0.39, 0.29) is 23.6 Å². The molecule has 2 heterocycles. The van der Waals surface area contributed by atoms with Gasteiger partial charge < -0.3 is 15.4 Å². The highest BCUT2D eigenvalue weighted by atomic mass is 32.2. The van der Waals surface area contributed by atoms with Crippen molar-refractivity contribution in [3.05, 3.63) is 42.1 Å². The zero-order valence-corrected chi connectivity index (χ0v) is 14.8. The number of carbonyl (C=O) groups is 1. The lowest BCUT2D eigenvalue weighted by Gasteiger charge is -2.18. The van der Waals surface area contributed by atoms with Gasteiger partial charge in [0.05, 0.1) is 24.3 Å². The van der Waals surface area contributed by atoms with Crippen LogP contribution in [0.3, 0.4) is 0 Å². The van der Waals surface area contributed by atoms with Gasteiger partial charge in [0.1, 0.15) is 18.3 Å². The minimum Gasteiger partial charge on any atom is -0.390 e. The molecular weight excluding hydrogens is 381 g/mol. The number of halogens is 1. The third-order valence-electron chi connectivity index (χ3n) is 4.34. The van der Waals surface area contributed by atoms with Crippen LogP contribution < -0.4 is 10.5 Å². The molecule has 0 aliphatic heterocycles. The SMILES string of the molecule is NS(=O)(=O)OC[C@H]1C[C@@H](Nc2ncncc2C(=O)c2cc[nH]c2)[C@@H](F)[C@@H]1O. The van der Waals surface area contributed by atoms with Crippen LogP contribution in [0.5, 0.6) is 0 Å². The molecule has 1 fully saturated rings. The number of anilines is 1. The Hall–Kier alpha value is -2.41. The number of aromatic nitrogens is 3. The van der Waals surface area contributed by atoms with E-state index in [0.29, 0.717) is 5.56 Å². The second-order valence-corrected chi connectivity index (χ2v) is 7.39. The fourth-order valence-electron chi connectivity index (χ4n) is 2.99. The van der Waals surface area contributed by atoms with Crippen LogP contribution in [0, 0.1) is 5.92 Å². The maximum atomic E-state index is 14.5. The van der Waals surface area contributed by atoms with Crippen molar-refractivity contribution in [2.75, 3.05) is 11.9 Å². The number of H-pyrrole nitrogens is 1. The van der Waals surface area contributed by atoms with Crippen molar-refractivity contribution < 1.29 is 26.9 Å². The van der Waals surface area contributed by atoms with E-state index in [1.54, 1.807) is 12.3 Å². The summed E-state index contributed by atoms with van der Waals surface area (Å²) in [5.41, 5.74) is 0.526. The number of aliphatic hydroxyl groups excluding tert-OH is 1. The van der Waals surface area contributed by atoms with Crippen molar-refractivity contribution >= 4 is 21.9 Å². The summed E-state index contributed by atoms with van der Waals surface area (Å²) in [6.07, 6.45) is 2.50. The van der Waals surface area contributed by atoms with Gasteiger partial charge in [-0.25, -0.2) is 19.5 Å². The Bertz CT molecular complexity index is 907. The van der Waals surface area contributed by atoms with E-state index in [2.05, 4.69) is 24.5 Å². The fraction of sp³-hybridized carbons (Fsp3) is 0.400. The summed E-state index contributed by atoms with van der Waals surface area (Å²) in [4.78, 5) is 23.1. The predicted molar refractivity (Wildman–Crippen MR) is 91.7 cm³/mol. The lowest BCUT2D eigenvalue weighted by atomic mass is 10.1. The Labute approximate surface area is 154 Å². The number of hydrogen-bond acceptors (Lipinski definition) is 8. The minimum absolute atomic E-state index is 0.0552. The van der Waals surface area contributed by atoms with Gasteiger partial charge in [0.15, 0.2) is 5.78 Å². The zero-order valence-electron chi connectivity index (χ0n) is 13.9. The number of nitrogens with one attached hydrogen (secondary N) is 2. The first-order chi connectivity index (χ1) is 12.8. The van der Waals surface area contributed by atoms with Crippen molar-refractivity contribution in [3.63, 3.8) is 0 Å². The standard InChI is InChI=1S/C15H18FN5O5S/c16-12-11(3-9(14(12)23)6-26-27(17,24)25)21-15-10(5-19-7-20-15)13(22)8-1-2-18-4-8/h1-2,4-5,7,9,11-12,14,18,23H,3,6H2,(H2,17,24,25)(H,19,20,21)/t9-,11-,12-,14-/m1/s1. The molecule has 5 N–H and O–H groups in total. The Balaban J connectivity index is 1.75. The number of aromatic amines is 1. The van der Waals surface area contributed by atoms with Gasteiger partial charge in [-0.15, -0.1) is 0 Å². The van der Waals surface area contributed by atoms with Gasteiger partial charge in [0.2, 0.25) is 0 Å². The van der Waals surface area contributed by atoms with E-state index in [1.807, 2.05) is 0 Å². The molecule has 27 heavy (non-hydrogen) atoms. The van der Waals surface area contributed by atoms with Gasteiger partial charge in [0, 0.05) is 30.1 Å². The molecule has 1 saturated carbocycles. The monoisotopic (exact) mass is 399 g/mol. The van der Waals surface area contributed by atoms with Crippen molar-refractivity contribution in [2.45, 2.75) is 24.7 Å². The number of hydrogen-bond donors (Lipinski definition) is 4. The average Bonchev–Trinajstić information content (AvgIpc) is 3.24. The number of alkyl halides is 1. The summed E-state index contributed by atoms with van der Waals surface area (Å²) in [5.74, 6) is -1.03. The molecule has 0 spiro atoms. The van der Waals surface area contributed by atoms with Crippen LogP contribution in [0.2, 0.25) is 0 Å². The number of rotatable bonds is 7. The number of nitrogens with zero attached hydrogens (tertiary/aromatic N) is 2. The van der Waals surface area contributed by atoms with Gasteiger partial charge in [-0.2, -0.15) is 8.42 Å². The summed E-state index contributed by atoms with van der Waals surface area (Å²) in [6.45, 7) is -0.447. The maximum absolute atomic E-state index is 14.5. The highest BCUT2D eigenvalue weighted by molar-refractivity contribution is 7.84. The Kier molecular flexibility index (Phi) is 5.51. The Morgan fingerprint density at radius 2 is 2.30 bits per heavy atom. The number of nitrogens with two attached hydrogens (primary N) is 1. The minimum atomic E-state index is -4.19. The molecule has 0 aromatic carbocycles. The lowest BCUT2D eigenvalue weighted by molar-refractivity contribution is 0.0501. The second kappa shape index (κ2) is 7.68. The van der Waals surface area contributed by atoms with Crippen molar-refractivity contribution in [1.82, 2.24) is 15.0 Å². The van der Waals surface area contributed by atoms with E-state index >= 15 is 0 Å². The maximum Gasteiger partial charge on any atom is 0.333 e. The summed E-state index contributed by atoms with van der Waals surface area (Å²) < 4.78 is 40.7. The van der Waals surface area contributed by atoms with Crippen molar-refractivity contribution in [3.8, 4) is 0 Å². The third kappa shape index (κ3) is 4.47. The zero-order chi connectivity index (χ0) is 19.6. The highest BCUT2D eigenvalue weighted by Gasteiger charge is 2.44. The van der Waals surface area contributed by atoms with Crippen molar-refractivity contribution in [1.29, 1.82) is 0 Å². The van der Waals surface area contributed by atoms with Crippen LogP contribution >= 0.6 is 0 Å². The fourth-order valence-corrected chi connectivity index (χ4v) is 3.35. The molecule has 0 saturated heterocycles. The van der Waals surface area contributed by atoms with Crippen LogP contribution in [0.1, 0.15) is 22.3 Å².